The molecule has 2 fully saturated rings. The van der Waals surface area contributed by atoms with E-state index in [0.29, 0.717) is 18.4 Å². The molecule has 1 saturated carbocycles. The number of piperidine rings is 1. The summed E-state index contributed by atoms with van der Waals surface area (Å²) in [7, 11) is 0. The summed E-state index contributed by atoms with van der Waals surface area (Å²) in [6, 6.07) is 7.00. The zero-order chi connectivity index (χ0) is 19.0. The Bertz CT molecular complexity index is 822. The van der Waals surface area contributed by atoms with Gasteiger partial charge in [-0.25, -0.2) is 0 Å². The predicted molar refractivity (Wildman–Crippen MR) is 105 cm³/mol. The summed E-state index contributed by atoms with van der Waals surface area (Å²) >= 11 is 0. The van der Waals surface area contributed by atoms with E-state index in [0.717, 1.165) is 49.6 Å². The van der Waals surface area contributed by atoms with Crippen LogP contribution in [0.15, 0.2) is 22.6 Å². The average Bonchev–Trinajstić information content (AvgIpc) is 3.15. The minimum Gasteiger partial charge on any atom is -0.487 e. The zero-order valence-corrected chi connectivity index (χ0v) is 16.7. The molecule has 150 valence electrons. The highest BCUT2D eigenvalue weighted by molar-refractivity contribution is 5.42. The van der Waals surface area contributed by atoms with Crippen LogP contribution in [0, 0.1) is 0 Å². The van der Waals surface area contributed by atoms with Gasteiger partial charge in [0.1, 0.15) is 17.1 Å². The summed E-state index contributed by atoms with van der Waals surface area (Å²) in [5, 5.41) is 7.98. The molecule has 0 bridgehead atoms. The topological polar surface area (TPSA) is 60.6 Å². The van der Waals surface area contributed by atoms with E-state index in [4.69, 9.17) is 13.9 Å². The minimum absolute atomic E-state index is 0.0376. The largest absolute Gasteiger partial charge is 0.487 e. The van der Waals surface area contributed by atoms with Gasteiger partial charge >= 0.3 is 0 Å². The number of hydrogen-bond donors (Lipinski definition) is 0. The van der Waals surface area contributed by atoms with E-state index in [2.05, 4.69) is 27.2 Å². The number of fused-ring (bicyclic) bond motifs is 1. The average molecular weight is 383 g/mol. The van der Waals surface area contributed by atoms with Crippen LogP contribution in [-0.2, 0) is 19.4 Å². The second-order valence-corrected chi connectivity index (χ2v) is 8.41. The van der Waals surface area contributed by atoms with E-state index in [1.54, 1.807) is 0 Å². The second-order valence-electron chi connectivity index (χ2n) is 8.41. The molecule has 0 amide bonds. The van der Waals surface area contributed by atoms with Crippen LogP contribution in [0.25, 0.3) is 0 Å². The van der Waals surface area contributed by atoms with E-state index >= 15 is 0 Å². The number of benzene rings is 1. The Balaban J connectivity index is 1.20. The fraction of sp³-hybridized carbons (Fsp3) is 0.636. The number of nitrogens with zero attached hydrogens (tertiary/aromatic N) is 3. The van der Waals surface area contributed by atoms with Crippen LogP contribution in [0.2, 0.25) is 0 Å². The van der Waals surface area contributed by atoms with Crippen molar-refractivity contribution in [3.05, 3.63) is 35.5 Å². The summed E-state index contributed by atoms with van der Waals surface area (Å²) < 4.78 is 17.9. The van der Waals surface area contributed by atoms with Crippen LogP contribution in [0.1, 0.15) is 62.8 Å². The lowest BCUT2D eigenvalue weighted by Gasteiger charge is -2.48. The summed E-state index contributed by atoms with van der Waals surface area (Å²) in [4.78, 5) is 2.69. The van der Waals surface area contributed by atoms with Crippen molar-refractivity contribution in [2.24, 2.45) is 0 Å². The number of likely N-dealkylation sites (tertiary alicyclic amines) is 1. The first-order valence-electron chi connectivity index (χ1n) is 10.7. The normalized spacial score (nSPS) is 21.8. The molecule has 3 aliphatic rings. The lowest BCUT2D eigenvalue weighted by molar-refractivity contribution is -0.0337. The molecule has 3 heterocycles. The van der Waals surface area contributed by atoms with Crippen molar-refractivity contribution in [1.82, 2.24) is 15.1 Å². The van der Waals surface area contributed by atoms with Crippen LogP contribution in [0.3, 0.4) is 0 Å². The Morgan fingerprint density at radius 2 is 1.96 bits per heavy atom. The van der Waals surface area contributed by atoms with Crippen LogP contribution in [-0.4, -0.2) is 39.8 Å². The Kier molecular flexibility index (Phi) is 4.75. The van der Waals surface area contributed by atoms with Gasteiger partial charge in [0.2, 0.25) is 5.89 Å². The van der Waals surface area contributed by atoms with Gasteiger partial charge in [0, 0.05) is 25.6 Å². The molecular weight excluding hydrogens is 354 g/mol. The van der Waals surface area contributed by atoms with Crippen LogP contribution in [0.4, 0.5) is 0 Å². The molecule has 1 aliphatic carbocycles. The van der Waals surface area contributed by atoms with Gasteiger partial charge in [-0.15, -0.1) is 10.2 Å². The minimum atomic E-state index is 0.0376. The lowest BCUT2D eigenvalue weighted by Crippen LogP contribution is -2.53. The molecule has 0 atom stereocenters. The standard InChI is InChI=1S/C22H29N3O3/c1-2-20-23-24-21(27-20)15-26-18-6-7-19-16(14-18)8-9-22(28-19)10-12-25(13-11-22)17-4-3-5-17/h6-7,14,17H,2-5,8-13,15H2,1H3. The summed E-state index contributed by atoms with van der Waals surface area (Å²) in [5.41, 5.74) is 1.28. The highest BCUT2D eigenvalue weighted by Gasteiger charge is 2.41. The van der Waals surface area contributed by atoms with Crippen molar-refractivity contribution in [2.75, 3.05) is 13.1 Å². The first-order valence-corrected chi connectivity index (χ1v) is 10.7. The first-order chi connectivity index (χ1) is 13.7. The summed E-state index contributed by atoms with van der Waals surface area (Å²) in [5.74, 6) is 3.02. The quantitative estimate of drug-likeness (QED) is 0.780. The zero-order valence-electron chi connectivity index (χ0n) is 16.7. The van der Waals surface area contributed by atoms with Gasteiger partial charge in [-0.05, 0) is 62.3 Å². The molecule has 28 heavy (non-hydrogen) atoms. The molecule has 0 unspecified atom stereocenters. The van der Waals surface area contributed by atoms with E-state index in [1.165, 1.54) is 37.9 Å². The van der Waals surface area contributed by atoms with Crippen LogP contribution in [0.5, 0.6) is 11.5 Å². The SMILES string of the molecule is CCc1nnc(COc2ccc3c(c2)CCC2(CCN(C4CCC4)CC2)O3)o1. The Hall–Kier alpha value is -2.08. The highest BCUT2D eigenvalue weighted by Crippen LogP contribution is 2.41. The van der Waals surface area contributed by atoms with Crippen molar-refractivity contribution in [1.29, 1.82) is 0 Å². The van der Waals surface area contributed by atoms with E-state index in [-0.39, 0.29) is 5.60 Å². The smallest absolute Gasteiger partial charge is 0.253 e. The number of ether oxygens (including phenoxy) is 2. The fourth-order valence-corrected chi connectivity index (χ4v) is 4.62. The molecule has 5 rings (SSSR count). The number of hydrogen-bond acceptors (Lipinski definition) is 6. The van der Waals surface area contributed by atoms with Crippen molar-refractivity contribution in [3.63, 3.8) is 0 Å². The van der Waals surface area contributed by atoms with Crippen molar-refractivity contribution < 1.29 is 13.9 Å². The molecule has 1 aromatic carbocycles. The predicted octanol–water partition coefficient (Wildman–Crippen LogP) is 3.92. The highest BCUT2D eigenvalue weighted by atomic mass is 16.5. The maximum atomic E-state index is 6.55. The third kappa shape index (κ3) is 3.50. The van der Waals surface area contributed by atoms with Gasteiger partial charge in [0.15, 0.2) is 6.61 Å². The third-order valence-corrected chi connectivity index (χ3v) is 6.68. The maximum absolute atomic E-state index is 6.55. The van der Waals surface area contributed by atoms with E-state index in [1.807, 2.05) is 13.0 Å². The van der Waals surface area contributed by atoms with Crippen LogP contribution < -0.4 is 9.47 Å². The molecule has 0 N–H and O–H groups in total. The Labute approximate surface area is 166 Å². The molecule has 1 aromatic heterocycles. The second kappa shape index (κ2) is 7.39. The molecule has 1 spiro atoms. The Morgan fingerprint density at radius 1 is 1.14 bits per heavy atom. The number of aryl methyl sites for hydroxylation is 2. The van der Waals surface area contributed by atoms with Gasteiger partial charge in [-0.2, -0.15) is 0 Å². The van der Waals surface area contributed by atoms with Gasteiger partial charge < -0.3 is 18.8 Å². The third-order valence-electron chi connectivity index (χ3n) is 6.68. The number of aromatic nitrogens is 2. The molecule has 1 saturated heterocycles. The fourth-order valence-electron chi connectivity index (χ4n) is 4.62. The van der Waals surface area contributed by atoms with E-state index < -0.39 is 0 Å². The van der Waals surface area contributed by atoms with Gasteiger partial charge in [-0.1, -0.05) is 13.3 Å². The van der Waals surface area contributed by atoms with Gasteiger partial charge in [0.25, 0.3) is 5.89 Å². The van der Waals surface area contributed by atoms with Crippen molar-refractivity contribution in [3.8, 4) is 11.5 Å². The van der Waals surface area contributed by atoms with Crippen LogP contribution >= 0.6 is 0 Å². The maximum Gasteiger partial charge on any atom is 0.253 e. The molecule has 6 heteroatoms. The Morgan fingerprint density at radius 3 is 2.68 bits per heavy atom. The summed E-state index contributed by atoms with van der Waals surface area (Å²) in [6.07, 6.45) is 9.39. The molecule has 6 nitrogen and oxygen atoms in total. The molecule has 2 aliphatic heterocycles. The monoisotopic (exact) mass is 383 g/mol. The molecule has 2 aromatic rings. The first kappa shape index (κ1) is 18.0. The van der Waals surface area contributed by atoms with Gasteiger partial charge in [0.05, 0.1) is 0 Å². The van der Waals surface area contributed by atoms with Gasteiger partial charge in [-0.3, -0.25) is 0 Å². The number of rotatable bonds is 5. The van der Waals surface area contributed by atoms with Crippen molar-refractivity contribution >= 4 is 0 Å². The van der Waals surface area contributed by atoms with E-state index in [9.17, 15) is 0 Å². The molecule has 0 radical (unpaired) electrons. The summed E-state index contributed by atoms with van der Waals surface area (Å²) in [6.45, 7) is 4.66. The molecular formula is C22H29N3O3. The van der Waals surface area contributed by atoms with Crippen molar-refractivity contribution in [2.45, 2.75) is 76.5 Å². The lowest BCUT2D eigenvalue weighted by atomic mass is 9.81.